The first-order valence-corrected chi connectivity index (χ1v) is 7.56. The zero-order chi connectivity index (χ0) is 15.9. The van der Waals surface area contributed by atoms with E-state index in [4.69, 9.17) is 0 Å². The molecule has 1 atom stereocenters. The first-order valence-electron chi connectivity index (χ1n) is 7.56. The number of nitrogens with zero attached hydrogens (tertiary/aromatic N) is 2. The maximum absolute atomic E-state index is 11.2. The molecule has 2 N–H and O–H groups in total. The molecule has 0 aliphatic rings. The van der Waals surface area contributed by atoms with Crippen molar-refractivity contribution in [2.75, 3.05) is 0 Å². The molecule has 0 aliphatic carbocycles. The molecule has 5 nitrogen and oxygen atoms in total. The molecule has 0 unspecified atom stereocenters. The summed E-state index contributed by atoms with van der Waals surface area (Å²) in [7, 11) is 0. The Morgan fingerprint density at radius 3 is 2.64 bits per heavy atom. The first kappa shape index (κ1) is 16.2. The number of hydrogen-bond donors (Lipinski definition) is 2. The van der Waals surface area contributed by atoms with Gasteiger partial charge in [0.1, 0.15) is 6.04 Å². The minimum Gasteiger partial charge on any atom is -0.480 e. The quantitative estimate of drug-likeness (QED) is 0.786. The molecule has 0 aliphatic heterocycles. The zero-order valence-corrected chi connectivity index (χ0v) is 13.1. The maximum Gasteiger partial charge on any atom is 0.320 e. The predicted molar refractivity (Wildman–Crippen MR) is 85.5 cm³/mol. The van der Waals surface area contributed by atoms with Crippen molar-refractivity contribution >= 4 is 5.97 Å². The molecule has 2 rings (SSSR count). The highest BCUT2D eigenvalue weighted by Gasteiger charge is 2.18. The molecule has 0 radical (unpaired) electrons. The molecule has 0 bridgehead atoms. The predicted octanol–water partition coefficient (Wildman–Crippen LogP) is 2.52. The van der Waals surface area contributed by atoms with E-state index < -0.39 is 12.0 Å². The lowest BCUT2D eigenvalue weighted by Gasteiger charge is -2.15. The Morgan fingerprint density at radius 1 is 1.27 bits per heavy atom. The van der Waals surface area contributed by atoms with Crippen LogP contribution in [0, 0.1) is 5.92 Å². The standard InChI is InChI=1S/C17H23N3O2/c1-13(2)8-16(17(21)22)18-9-15-10-19-20(12-15)11-14-6-4-3-5-7-14/h3-7,10,12-13,16,18H,8-9,11H2,1-2H3,(H,21,22)/t16-/m0/s1. The summed E-state index contributed by atoms with van der Waals surface area (Å²) in [5.41, 5.74) is 2.18. The summed E-state index contributed by atoms with van der Waals surface area (Å²) in [6.07, 6.45) is 4.35. The van der Waals surface area contributed by atoms with E-state index in [9.17, 15) is 9.90 Å². The van der Waals surface area contributed by atoms with E-state index >= 15 is 0 Å². The smallest absolute Gasteiger partial charge is 0.320 e. The minimum atomic E-state index is -0.801. The second kappa shape index (κ2) is 7.75. The van der Waals surface area contributed by atoms with Gasteiger partial charge in [0, 0.05) is 18.3 Å². The van der Waals surface area contributed by atoms with Crippen molar-refractivity contribution in [1.82, 2.24) is 15.1 Å². The second-order valence-electron chi connectivity index (χ2n) is 5.93. The van der Waals surface area contributed by atoms with Crippen LogP contribution in [0.15, 0.2) is 42.7 Å². The van der Waals surface area contributed by atoms with Crippen molar-refractivity contribution in [1.29, 1.82) is 0 Å². The molecule has 0 saturated carbocycles. The molecule has 1 aromatic carbocycles. The summed E-state index contributed by atoms with van der Waals surface area (Å²) in [6.45, 7) is 5.28. The molecule has 1 aromatic heterocycles. The lowest BCUT2D eigenvalue weighted by atomic mass is 10.0. The number of carboxylic acid groups (broad SMARTS) is 1. The van der Waals surface area contributed by atoms with E-state index in [0.29, 0.717) is 18.9 Å². The van der Waals surface area contributed by atoms with Gasteiger partial charge in [-0.2, -0.15) is 5.10 Å². The normalized spacial score (nSPS) is 12.5. The molecule has 22 heavy (non-hydrogen) atoms. The van der Waals surface area contributed by atoms with Gasteiger partial charge in [-0.15, -0.1) is 0 Å². The van der Waals surface area contributed by atoms with Gasteiger partial charge in [0.05, 0.1) is 12.7 Å². The highest BCUT2D eigenvalue weighted by Crippen LogP contribution is 2.07. The van der Waals surface area contributed by atoms with E-state index in [0.717, 1.165) is 12.1 Å². The van der Waals surface area contributed by atoms with E-state index in [1.807, 2.05) is 42.9 Å². The van der Waals surface area contributed by atoms with Crippen LogP contribution in [0.1, 0.15) is 31.4 Å². The molecule has 5 heteroatoms. The van der Waals surface area contributed by atoms with Gasteiger partial charge in [0.15, 0.2) is 0 Å². The highest BCUT2D eigenvalue weighted by molar-refractivity contribution is 5.73. The van der Waals surface area contributed by atoms with Gasteiger partial charge in [-0.1, -0.05) is 44.2 Å². The minimum absolute atomic E-state index is 0.342. The van der Waals surface area contributed by atoms with Gasteiger partial charge in [-0.25, -0.2) is 0 Å². The molecule has 0 spiro atoms. The Balaban J connectivity index is 1.90. The Kier molecular flexibility index (Phi) is 5.72. The fourth-order valence-electron chi connectivity index (χ4n) is 2.34. The van der Waals surface area contributed by atoms with Gasteiger partial charge in [-0.3, -0.25) is 9.48 Å². The number of carboxylic acids is 1. The van der Waals surface area contributed by atoms with Gasteiger partial charge < -0.3 is 10.4 Å². The van der Waals surface area contributed by atoms with E-state index in [-0.39, 0.29) is 0 Å². The second-order valence-corrected chi connectivity index (χ2v) is 5.93. The van der Waals surface area contributed by atoms with Crippen LogP contribution in [0.2, 0.25) is 0 Å². The molecule has 0 saturated heterocycles. The SMILES string of the molecule is CC(C)C[C@H](NCc1cnn(Cc2ccccc2)c1)C(=O)O. The van der Waals surface area contributed by atoms with Crippen LogP contribution in [-0.4, -0.2) is 26.9 Å². The van der Waals surface area contributed by atoms with Gasteiger partial charge in [0.2, 0.25) is 0 Å². The van der Waals surface area contributed by atoms with E-state index in [1.165, 1.54) is 5.56 Å². The third-order valence-electron chi connectivity index (χ3n) is 3.43. The first-order chi connectivity index (χ1) is 10.5. The molecular weight excluding hydrogens is 278 g/mol. The van der Waals surface area contributed by atoms with E-state index in [2.05, 4.69) is 22.5 Å². The lowest BCUT2D eigenvalue weighted by Crippen LogP contribution is -2.37. The summed E-state index contributed by atoms with van der Waals surface area (Å²) >= 11 is 0. The topological polar surface area (TPSA) is 67.2 Å². The summed E-state index contributed by atoms with van der Waals surface area (Å²) in [5.74, 6) is -0.459. The largest absolute Gasteiger partial charge is 0.480 e. The third-order valence-corrected chi connectivity index (χ3v) is 3.43. The third kappa shape index (κ3) is 5.00. The van der Waals surface area contributed by atoms with Crippen molar-refractivity contribution < 1.29 is 9.90 Å². The van der Waals surface area contributed by atoms with Crippen LogP contribution in [0.5, 0.6) is 0 Å². The molecule has 0 fully saturated rings. The molecule has 118 valence electrons. The zero-order valence-electron chi connectivity index (χ0n) is 13.1. The Morgan fingerprint density at radius 2 is 2.00 bits per heavy atom. The van der Waals surface area contributed by atoms with Gasteiger partial charge in [-0.05, 0) is 17.9 Å². The number of nitrogens with one attached hydrogen (secondary N) is 1. The Labute approximate surface area is 131 Å². The van der Waals surface area contributed by atoms with Gasteiger partial charge >= 0.3 is 5.97 Å². The number of aromatic nitrogens is 2. The Hall–Kier alpha value is -2.14. The number of carbonyl (C=O) groups is 1. The van der Waals surface area contributed by atoms with Crippen LogP contribution in [0.4, 0.5) is 0 Å². The number of aliphatic carboxylic acids is 1. The molecule has 1 heterocycles. The number of rotatable bonds is 8. The average Bonchev–Trinajstić information content (AvgIpc) is 2.91. The van der Waals surface area contributed by atoms with Crippen LogP contribution < -0.4 is 5.32 Å². The fourth-order valence-corrected chi connectivity index (χ4v) is 2.34. The van der Waals surface area contributed by atoms with Crippen molar-refractivity contribution in [3.05, 3.63) is 53.9 Å². The van der Waals surface area contributed by atoms with Crippen molar-refractivity contribution in [3.63, 3.8) is 0 Å². The van der Waals surface area contributed by atoms with Crippen LogP contribution >= 0.6 is 0 Å². The summed E-state index contributed by atoms with van der Waals surface area (Å²) in [4.78, 5) is 11.2. The molecule has 2 aromatic rings. The number of hydrogen-bond acceptors (Lipinski definition) is 3. The average molecular weight is 301 g/mol. The Bertz CT molecular complexity index is 593. The highest BCUT2D eigenvalue weighted by atomic mass is 16.4. The summed E-state index contributed by atoms with van der Waals surface area (Å²) in [6, 6.07) is 9.60. The molecule has 0 amide bonds. The lowest BCUT2D eigenvalue weighted by molar-refractivity contribution is -0.140. The van der Waals surface area contributed by atoms with Crippen molar-refractivity contribution in [3.8, 4) is 0 Å². The summed E-state index contributed by atoms with van der Waals surface area (Å²) < 4.78 is 1.87. The van der Waals surface area contributed by atoms with Crippen LogP contribution in [-0.2, 0) is 17.9 Å². The molecular formula is C17H23N3O2. The van der Waals surface area contributed by atoms with Gasteiger partial charge in [0.25, 0.3) is 0 Å². The van der Waals surface area contributed by atoms with Crippen molar-refractivity contribution in [2.24, 2.45) is 5.92 Å². The fraction of sp³-hybridized carbons (Fsp3) is 0.412. The van der Waals surface area contributed by atoms with Crippen LogP contribution in [0.3, 0.4) is 0 Å². The van der Waals surface area contributed by atoms with Crippen molar-refractivity contribution in [2.45, 2.75) is 39.4 Å². The maximum atomic E-state index is 11.2. The van der Waals surface area contributed by atoms with Crippen LogP contribution in [0.25, 0.3) is 0 Å². The summed E-state index contributed by atoms with van der Waals surface area (Å²) in [5, 5.41) is 16.6. The monoisotopic (exact) mass is 301 g/mol. The number of benzene rings is 1. The van der Waals surface area contributed by atoms with E-state index in [1.54, 1.807) is 6.20 Å².